The summed E-state index contributed by atoms with van der Waals surface area (Å²) in [4.78, 5) is 10.3. The van der Waals surface area contributed by atoms with Crippen molar-refractivity contribution in [1.82, 2.24) is 9.80 Å². The van der Waals surface area contributed by atoms with Gasteiger partial charge in [-0.2, -0.15) is 0 Å². The topological polar surface area (TPSA) is 30.9 Å². The lowest BCUT2D eigenvalue weighted by molar-refractivity contribution is 0.215. The van der Waals surface area contributed by atoms with E-state index < -0.39 is 0 Å². The lowest BCUT2D eigenvalue weighted by Crippen LogP contribution is -2.49. The average Bonchev–Trinajstić information content (AvgIpc) is 2.78. The normalized spacial score (nSPS) is 15.8. The van der Waals surface area contributed by atoms with Gasteiger partial charge < -0.3 is 15.1 Å². The highest BCUT2D eigenvalue weighted by Gasteiger charge is 2.23. The number of likely N-dealkylation sites (N-methyl/N-ethyl adjacent to an activating group) is 1. The summed E-state index contributed by atoms with van der Waals surface area (Å²) < 4.78 is 0. The molecule has 1 fully saturated rings. The monoisotopic (exact) mass is 462 g/mol. The number of nitrogens with one attached hydrogen (secondary N) is 1. The fourth-order valence-corrected chi connectivity index (χ4v) is 4.75. The smallest absolute Gasteiger partial charge is 0.203 e. The predicted octanol–water partition coefficient (Wildman–Crippen LogP) is 7.53. The van der Waals surface area contributed by atoms with Gasteiger partial charge in [-0.1, -0.05) is 91.8 Å². The van der Waals surface area contributed by atoms with Crippen LogP contribution in [-0.4, -0.2) is 49.0 Å². The quantitative estimate of drug-likeness (QED) is 0.355. The fraction of sp³-hybridized carbons (Fsp3) is 0.567. The first-order valence-corrected chi connectivity index (χ1v) is 13.1. The first-order chi connectivity index (χ1) is 16.1. The van der Waals surface area contributed by atoms with Crippen molar-refractivity contribution < 1.29 is 0 Å². The molecule has 1 N–H and O–H groups in total. The molecule has 0 amide bonds. The number of anilines is 1. The molecular weight excluding hydrogens is 416 g/mol. The van der Waals surface area contributed by atoms with Crippen LogP contribution in [0.5, 0.6) is 0 Å². The molecule has 0 spiro atoms. The molecule has 3 rings (SSSR count). The molecule has 0 atom stereocenters. The van der Waals surface area contributed by atoms with Gasteiger partial charge in [-0.15, -0.1) is 0 Å². The van der Waals surface area contributed by atoms with E-state index in [-0.39, 0.29) is 0 Å². The van der Waals surface area contributed by atoms with E-state index in [2.05, 4.69) is 114 Å². The maximum Gasteiger partial charge on any atom is 0.203 e. The van der Waals surface area contributed by atoms with Crippen molar-refractivity contribution in [3.05, 3.63) is 58.7 Å². The molecule has 0 unspecified atom stereocenters. The third-order valence-electron chi connectivity index (χ3n) is 6.97. The zero-order valence-corrected chi connectivity index (χ0v) is 22.9. The number of hydrogen-bond donors (Lipinski definition) is 1. The molecule has 34 heavy (non-hydrogen) atoms. The summed E-state index contributed by atoms with van der Waals surface area (Å²) in [5.41, 5.74) is 7.73. The second-order valence-corrected chi connectivity index (χ2v) is 11.1. The van der Waals surface area contributed by atoms with Crippen molar-refractivity contribution in [3.8, 4) is 0 Å². The molecule has 0 radical (unpaired) electrons. The molecule has 186 valence electrons. The minimum atomic E-state index is 0.417. The number of benzene rings is 2. The Labute approximate surface area is 208 Å². The van der Waals surface area contributed by atoms with Gasteiger partial charge in [0.05, 0.1) is 5.69 Å². The fourth-order valence-electron chi connectivity index (χ4n) is 4.75. The van der Waals surface area contributed by atoms with E-state index >= 15 is 0 Å². The lowest BCUT2D eigenvalue weighted by atomic mass is 9.92. The zero-order valence-electron chi connectivity index (χ0n) is 22.9. The van der Waals surface area contributed by atoms with Crippen LogP contribution in [-0.2, 0) is 0 Å². The molecule has 1 heterocycles. The van der Waals surface area contributed by atoms with E-state index in [1.54, 1.807) is 0 Å². The molecule has 2 aromatic carbocycles. The van der Waals surface area contributed by atoms with E-state index in [0.29, 0.717) is 23.7 Å². The summed E-state index contributed by atoms with van der Waals surface area (Å²) >= 11 is 0. The van der Waals surface area contributed by atoms with Crippen LogP contribution in [0.1, 0.15) is 101 Å². The summed E-state index contributed by atoms with van der Waals surface area (Å²) in [6.07, 6.45) is 0. The van der Waals surface area contributed by atoms with Gasteiger partial charge in [0.2, 0.25) is 5.96 Å². The van der Waals surface area contributed by atoms with Crippen LogP contribution in [0.25, 0.3) is 0 Å². The Hall–Kier alpha value is -2.33. The Morgan fingerprint density at radius 2 is 1.09 bits per heavy atom. The van der Waals surface area contributed by atoms with Crippen LogP contribution in [0.4, 0.5) is 11.4 Å². The van der Waals surface area contributed by atoms with Crippen molar-refractivity contribution in [1.29, 1.82) is 0 Å². The molecule has 4 heteroatoms. The Balaban J connectivity index is 2.20. The standard InChI is InChI=1S/C30H46N4/c1-20(2)24-12-10-13-25(21(3)4)28(24)31-30(34-18-16-33(9)17-19-34)32-29-26(22(5)6)14-11-15-27(29)23(7)8/h10-15,20-23H,16-19H2,1-9H3,(H,31,32). The Morgan fingerprint density at radius 3 is 1.50 bits per heavy atom. The third-order valence-corrected chi connectivity index (χ3v) is 6.97. The molecule has 0 bridgehead atoms. The van der Waals surface area contributed by atoms with E-state index in [1.807, 2.05) is 0 Å². The van der Waals surface area contributed by atoms with Crippen LogP contribution >= 0.6 is 0 Å². The number of rotatable bonds is 6. The molecule has 0 aromatic heterocycles. The first-order valence-electron chi connectivity index (χ1n) is 13.1. The molecule has 1 saturated heterocycles. The van der Waals surface area contributed by atoms with Gasteiger partial charge in [0.1, 0.15) is 0 Å². The SMILES string of the molecule is CC(C)c1cccc(C(C)C)c1N=C(Nc1c(C(C)C)cccc1C(C)C)N1CCN(C)CC1. The summed E-state index contributed by atoms with van der Waals surface area (Å²) in [5, 5.41) is 3.90. The van der Waals surface area contributed by atoms with Gasteiger partial charge in [0, 0.05) is 31.9 Å². The molecule has 1 aliphatic rings. The third kappa shape index (κ3) is 6.02. The van der Waals surface area contributed by atoms with Gasteiger partial charge in [-0.05, 0) is 53.0 Å². The molecule has 0 saturated carbocycles. The van der Waals surface area contributed by atoms with E-state index in [1.165, 1.54) is 27.9 Å². The number of aliphatic imine (C=N–C) groups is 1. The Kier molecular flexibility index (Phi) is 8.81. The van der Waals surface area contributed by atoms with E-state index in [4.69, 9.17) is 4.99 Å². The number of para-hydroxylation sites is 2. The van der Waals surface area contributed by atoms with Crippen molar-refractivity contribution in [2.75, 3.05) is 38.5 Å². The van der Waals surface area contributed by atoms with Crippen molar-refractivity contribution in [2.24, 2.45) is 4.99 Å². The van der Waals surface area contributed by atoms with Crippen molar-refractivity contribution in [2.45, 2.75) is 79.1 Å². The van der Waals surface area contributed by atoms with Gasteiger partial charge in [-0.25, -0.2) is 4.99 Å². The van der Waals surface area contributed by atoms with Gasteiger partial charge in [0.25, 0.3) is 0 Å². The highest BCUT2D eigenvalue weighted by Crippen LogP contribution is 2.36. The Morgan fingerprint density at radius 1 is 0.676 bits per heavy atom. The maximum atomic E-state index is 5.46. The van der Waals surface area contributed by atoms with E-state index in [9.17, 15) is 0 Å². The van der Waals surface area contributed by atoms with E-state index in [0.717, 1.165) is 37.8 Å². The largest absolute Gasteiger partial charge is 0.340 e. The maximum absolute atomic E-state index is 5.46. The molecular formula is C30H46N4. The Bertz CT molecular complexity index is 927. The van der Waals surface area contributed by atoms with Crippen LogP contribution in [0.2, 0.25) is 0 Å². The van der Waals surface area contributed by atoms with Crippen LogP contribution in [0.3, 0.4) is 0 Å². The zero-order chi connectivity index (χ0) is 25.0. The number of hydrogen-bond acceptors (Lipinski definition) is 2. The van der Waals surface area contributed by atoms with Crippen LogP contribution in [0.15, 0.2) is 41.4 Å². The average molecular weight is 463 g/mol. The lowest BCUT2D eigenvalue weighted by Gasteiger charge is -2.36. The number of guanidine groups is 1. The van der Waals surface area contributed by atoms with Gasteiger partial charge >= 0.3 is 0 Å². The predicted molar refractivity (Wildman–Crippen MR) is 149 cm³/mol. The van der Waals surface area contributed by atoms with Gasteiger partial charge in [-0.3, -0.25) is 0 Å². The number of nitrogens with zero attached hydrogens (tertiary/aromatic N) is 3. The summed E-state index contributed by atoms with van der Waals surface area (Å²) in [5.74, 6) is 2.69. The molecule has 0 aliphatic carbocycles. The second kappa shape index (κ2) is 11.4. The summed E-state index contributed by atoms with van der Waals surface area (Å²) in [6, 6.07) is 13.4. The minimum absolute atomic E-state index is 0.417. The highest BCUT2D eigenvalue weighted by molar-refractivity contribution is 5.97. The molecule has 2 aromatic rings. The molecule has 4 nitrogen and oxygen atoms in total. The van der Waals surface area contributed by atoms with Crippen LogP contribution in [0, 0.1) is 0 Å². The van der Waals surface area contributed by atoms with Gasteiger partial charge in [0.15, 0.2) is 0 Å². The summed E-state index contributed by atoms with van der Waals surface area (Å²) in [7, 11) is 2.21. The highest BCUT2D eigenvalue weighted by atomic mass is 15.3. The molecule has 1 aliphatic heterocycles. The second-order valence-electron chi connectivity index (χ2n) is 11.1. The minimum Gasteiger partial charge on any atom is -0.340 e. The van der Waals surface area contributed by atoms with Crippen LogP contribution < -0.4 is 5.32 Å². The van der Waals surface area contributed by atoms with Crippen molar-refractivity contribution in [3.63, 3.8) is 0 Å². The number of piperazine rings is 1. The first kappa shape index (κ1) is 26.3. The van der Waals surface area contributed by atoms with Crippen molar-refractivity contribution >= 4 is 17.3 Å². The summed E-state index contributed by atoms with van der Waals surface area (Å²) in [6.45, 7) is 22.2.